The van der Waals surface area contributed by atoms with Gasteiger partial charge in [-0.2, -0.15) is 0 Å². The number of likely N-dealkylation sites (tertiary alicyclic amines) is 1. The average Bonchev–Trinajstić information content (AvgIpc) is 3.61. The van der Waals surface area contributed by atoms with E-state index in [2.05, 4.69) is 20.4 Å². The number of fused-ring (bicyclic) bond motifs is 2. The van der Waals surface area contributed by atoms with Gasteiger partial charge >= 0.3 is 0 Å². The van der Waals surface area contributed by atoms with E-state index >= 15 is 0 Å². The standard InChI is InChI=1S/C25H29N7O3/c1-34-10-11-35-19-12-18(13-19)28-25-27-14-21-20(6-9-32(21)29-25)17-4-5-23-26-15-22(31(23)16-17)24(33)30-7-2-3-8-30/h4-6,9,14-16,18-19H,2-3,7-8,10-13H2,1H3,(H,28,29). The minimum absolute atomic E-state index is 0.0373. The third-order valence-corrected chi connectivity index (χ3v) is 6.91. The van der Waals surface area contributed by atoms with Gasteiger partial charge in [0, 0.05) is 49.8 Å². The smallest absolute Gasteiger partial charge is 0.272 e. The Morgan fingerprint density at radius 1 is 1.11 bits per heavy atom. The SMILES string of the molecule is COCCOC1CC(Nc2ncc3c(-c4ccc5ncc(C(=O)N6CCCC6)n5c4)ccn3n2)C1. The second kappa shape index (κ2) is 9.27. The van der Waals surface area contributed by atoms with Crippen LogP contribution in [0.5, 0.6) is 0 Å². The summed E-state index contributed by atoms with van der Waals surface area (Å²) in [7, 11) is 1.68. The van der Waals surface area contributed by atoms with Gasteiger partial charge in [0.1, 0.15) is 11.3 Å². The van der Waals surface area contributed by atoms with Crippen molar-refractivity contribution in [2.45, 2.75) is 37.8 Å². The molecule has 5 heterocycles. The maximum Gasteiger partial charge on any atom is 0.272 e. The van der Waals surface area contributed by atoms with Crippen molar-refractivity contribution in [2.75, 3.05) is 38.7 Å². The number of aromatic nitrogens is 5. The second-order valence-corrected chi connectivity index (χ2v) is 9.23. The van der Waals surface area contributed by atoms with E-state index in [0.717, 1.165) is 61.1 Å². The van der Waals surface area contributed by atoms with E-state index in [4.69, 9.17) is 9.47 Å². The Kier molecular flexibility index (Phi) is 5.83. The molecule has 1 saturated heterocycles. The molecule has 0 radical (unpaired) electrons. The van der Waals surface area contributed by atoms with Crippen LogP contribution in [0.3, 0.4) is 0 Å². The van der Waals surface area contributed by atoms with Crippen LogP contribution < -0.4 is 5.32 Å². The van der Waals surface area contributed by atoms with Crippen LogP contribution >= 0.6 is 0 Å². The Morgan fingerprint density at radius 2 is 1.97 bits per heavy atom. The van der Waals surface area contributed by atoms with Crippen molar-refractivity contribution in [3.8, 4) is 11.1 Å². The third-order valence-electron chi connectivity index (χ3n) is 6.91. The number of amides is 1. The third kappa shape index (κ3) is 4.23. The molecule has 1 aliphatic carbocycles. The lowest BCUT2D eigenvalue weighted by Crippen LogP contribution is -2.41. The number of carbonyl (C=O) groups excluding carboxylic acids is 1. The molecule has 10 heteroatoms. The zero-order chi connectivity index (χ0) is 23.8. The van der Waals surface area contributed by atoms with Gasteiger partial charge in [-0.25, -0.2) is 14.5 Å². The summed E-state index contributed by atoms with van der Waals surface area (Å²) >= 11 is 0. The quantitative estimate of drug-likeness (QED) is 0.391. The van der Waals surface area contributed by atoms with E-state index in [9.17, 15) is 4.79 Å². The molecule has 0 atom stereocenters. The van der Waals surface area contributed by atoms with E-state index < -0.39 is 0 Å². The predicted octanol–water partition coefficient (Wildman–Crippen LogP) is 2.89. The minimum atomic E-state index is 0.0373. The molecule has 1 aliphatic heterocycles. The van der Waals surface area contributed by atoms with Crippen LogP contribution in [0.4, 0.5) is 5.95 Å². The van der Waals surface area contributed by atoms with E-state index in [-0.39, 0.29) is 12.0 Å². The highest BCUT2D eigenvalue weighted by Gasteiger charge is 2.30. The number of methoxy groups -OCH3 is 1. The van der Waals surface area contributed by atoms with Gasteiger partial charge in [0.2, 0.25) is 5.95 Å². The van der Waals surface area contributed by atoms with Crippen LogP contribution in [0.15, 0.2) is 43.0 Å². The summed E-state index contributed by atoms with van der Waals surface area (Å²) in [6.45, 7) is 2.87. The highest BCUT2D eigenvalue weighted by atomic mass is 16.5. The topological polar surface area (TPSA) is 98.3 Å². The number of imidazole rings is 1. The molecular weight excluding hydrogens is 446 g/mol. The van der Waals surface area contributed by atoms with Crippen LogP contribution in [-0.4, -0.2) is 80.3 Å². The maximum atomic E-state index is 13.0. The first-order valence-corrected chi connectivity index (χ1v) is 12.2. The molecule has 35 heavy (non-hydrogen) atoms. The van der Waals surface area contributed by atoms with Gasteiger partial charge < -0.3 is 19.7 Å². The van der Waals surface area contributed by atoms with E-state index in [1.54, 1.807) is 13.3 Å². The molecule has 10 nitrogen and oxygen atoms in total. The minimum Gasteiger partial charge on any atom is -0.382 e. The summed E-state index contributed by atoms with van der Waals surface area (Å²) in [6, 6.07) is 6.30. The van der Waals surface area contributed by atoms with E-state index in [1.807, 2.05) is 50.6 Å². The molecular formula is C25H29N7O3. The Hall–Kier alpha value is -3.50. The molecule has 1 saturated carbocycles. The van der Waals surface area contributed by atoms with Crippen molar-refractivity contribution in [3.63, 3.8) is 0 Å². The first kappa shape index (κ1) is 22.0. The zero-order valence-electron chi connectivity index (χ0n) is 19.8. The number of rotatable bonds is 8. The fraction of sp³-hybridized carbons (Fsp3) is 0.440. The van der Waals surface area contributed by atoms with Gasteiger partial charge in [-0.05, 0) is 43.9 Å². The summed E-state index contributed by atoms with van der Waals surface area (Å²) in [6.07, 6.45) is 11.7. The van der Waals surface area contributed by atoms with Gasteiger partial charge in [0.05, 0.1) is 37.2 Å². The summed E-state index contributed by atoms with van der Waals surface area (Å²) < 4.78 is 14.5. The van der Waals surface area contributed by atoms with Crippen molar-refractivity contribution >= 4 is 23.0 Å². The maximum absolute atomic E-state index is 13.0. The molecule has 0 unspecified atom stereocenters. The molecule has 0 spiro atoms. The molecule has 2 fully saturated rings. The molecule has 4 aromatic heterocycles. The van der Waals surface area contributed by atoms with E-state index in [1.165, 1.54) is 0 Å². The number of hydrogen-bond acceptors (Lipinski definition) is 7. The largest absolute Gasteiger partial charge is 0.382 e. The van der Waals surface area contributed by atoms with E-state index in [0.29, 0.717) is 30.9 Å². The van der Waals surface area contributed by atoms with Gasteiger partial charge in [0.15, 0.2) is 0 Å². The molecule has 1 amide bonds. The number of anilines is 1. The zero-order valence-corrected chi connectivity index (χ0v) is 19.8. The lowest BCUT2D eigenvalue weighted by atomic mass is 9.89. The summed E-state index contributed by atoms with van der Waals surface area (Å²) in [4.78, 5) is 23.9. The highest BCUT2D eigenvalue weighted by Crippen LogP contribution is 2.28. The van der Waals surface area contributed by atoms with Gasteiger partial charge in [-0.3, -0.25) is 9.20 Å². The Morgan fingerprint density at radius 3 is 2.80 bits per heavy atom. The van der Waals surface area contributed by atoms with Crippen LogP contribution in [0, 0.1) is 0 Å². The Balaban J connectivity index is 1.20. The number of nitrogens with one attached hydrogen (secondary N) is 1. The highest BCUT2D eigenvalue weighted by molar-refractivity contribution is 5.93. The van der Waals surface area contributed by atoms with Crippen molar-refractivity contribution in [2.24, 2.45) is 0 Å². The monoisotopic (exact) mass is 475 g/mol. The lowest BCUT2D eigenvalue weighted by Gasteiger charge is -2.35. The van der Waals surface area contributed by atoms with Gasteiger partial charge in [0.25, 0.3) is 5.91 Å². The first-order chi connectivity index (χ1) is 17.2. The van der Waals surface area contributed by atoms with Gasteiger partial charge in [-0.15, -0.1) is 5.10 Å². The molecule has 6 rings (SSSR count). The summed E-state index contributed by atoms with van der Waals surface area (Å²) in [5.74, 6) is 0.638. The van der Waals surface area contributed by atoms with Crippen LogP contribution in [0.25, 0.3) is 22.3 Å². The molecule has 182 valence electrons. The Labute approximate surface area is 202 Å². The van der Waals surface area contributed by atoms with Crippen molar-refractivity contribution in [1.29, 1.82) is 0 Å². The number of carbonyl (C=O) groups is 1. The van der Waals surface area contributed by atoms with Crippen LogP contribution in [0.2, 0.25) is 0 Å². The molecule has 1 N–H and O–H groups in total. The molecule has 0 aromatic carbocycles. The summed E-state index contributed by atoms with van der Waals surface area (Å²) in [5.41, 5.74) is 4.24. The lowest BCUT2D eigenvalue weighted by molar-refractivity contribution is -0.0261. The number of ether oxygens (including phenoxy) is 2. The molecule has 2 aliphatic rings. The fourth-order valence-corrected chi connectivity index (χ4v) is 4.89. The van der Waals surface area contributed by atoms with Crippen molar-refractivity contribution in [3.05, 3.63) is 48.7 Å². The summed E-state index contributed by atoms with van der Waals surface area (Å²) in [5, 5.41) is 8.05. The number of pyridine rings is 1. The number of hydrogen-bond donors (Lipinski definition) is 1. The second-order valence-electron chi connectivity index (χ2n) is 9.23. The first-order valence-electron chi connectivity index (χ1n) is 12.2. The average molecular weight is 476 g/mol. The van der Waals surface area contributed by atoms with Gasteiger partial charge in [-0.1, -0.05) is 0 Å². The normalized spacial score (nSPS) is 20.0. The van der Waals surface area contributed by atoms with Crippen LogP contribution in [-0.2, 0) is 9.47 Å². The number of nitrogens with zero attached hydrogens (tertiary/aromatic N) is 6. The van der Waals surface area contributed by atoms with Crippen molar-refractivity contribution < 1.29 is 14.3 Å². The Bertz CT molecular complexity index is 1350. The molecule has 0 bridgehead atoms. The molecule has 4 aromatic rings. The van der Waals surface area contributed by atoms with Crippen molar-refractivity contribution in [1.82, 2.24) is 28.9 Å². The predicted molar refractivity (Wildman–Crippen MR) is 131 cm³/mol. The fourth-order valence-electron chi connectivity index (χ4n) is 4.89. The van der Waals surface area contributed by atoms with Crippen LogP contribution in [0.1, 0.15) is 36.2 Å².